The minimum absolute atomic E-state index is 0.118. The van der Waals surface area contributed by atoms with E-state index >= 15 is 0 Å². The molecule has 3 aromatic rings. The lowest BCUT2D eigenvalue weighted by molar-refractivity contribution is 0.0995. The second-order valence-corrected chi connectivity index (χ2v) is 8.39. The lowest BCUT2D eigenvalue weighted by atomic mass is 9.79. The highest BCUT2D eigenvalue weighted by Gasteiger charge is 2.21. The molecule has 4 rings (SSSR count). The molecule has 28 heavy (non-hydrogen) atoms. The van der Waals surface area contributed by atoms with Gasteiger partial charge in [-0.1, -0.05) is 36.4 Å². The molecule has 0 radical (unpaired) electrons. The van der Waals surface area contributed by atoms with Gasteiger partial charge in [0.1, 0.15) is 0 Å². The van der Waals surface area contributed by atoms with E-state index < -0.39 is 0 Å². The molecule has 0 bridgehead atoms. The van der Waals surface area contributed by atoms with Crippen molar-refractivity contribution in [2.75, 3.05) is 5.73 Å². The van der Waals surface area contributed by atoms with Crippen molar-refractivity contribution >= 4 is 23.1 Å². The van der Waals surface area contributed by atoms with E-state index in [2.05, 4.69) is 40.8 Å². The summed E-state index contributed by atoms with van der Waals surface area (Å²) in [4.78, 5) is 22.5. The average molecular weight is 390 g/mol. The fraction of sp³-hybridized carbons (Fsp3) is 0.261. The lowest BCUT2D eigenvalue weighted by Gasteiger charge is -2.26. The summed E-state index contributed by atoms with van der Waals surface area (Å²) in [6.07, 6.45) is 6.43. The van der Waals surface area contributed by atoms with Crippen LogP contribution >= 0.6 is 11.3 Å². The third-order valence-electron chi connectivity index (χ3n) is 5.25. The number of carbonyl (C=O) groups is 1. The van der Waals surface area contributed by atoms with Crippen LogP contribution in [0.4, 0.5) is 5.95 Å². The summed E-state index contributed by atoms with van der Waals surface area (Å²) < 4.78 is 0. The van der Waals surface area contributed by atoms with Gasteiger partial charge in [0.15, 0.2) is 5.78 Å². The van der Waals surface area contributed by atoms with E-state index in [1.165, 1.54) is 35.3 Å². The van der Waals surface area contributed by atoms with E-state index in [1.54, 1.807) is 12.3 Å². The first-order chi connectivity index (χ1) is 13.6. The molecule has 0 aliphatic heterocycles. The van der Waals surface area contributed by atoms with Crippen molar-refractivity contribution < 1.29 is 4.79 Å². The number of benzene rings is 1. The number of allylic oxidation sites excluding steroid dienone is 1. The van der Waals surface area contributed by atoms with Gasteiger partial charge in [-0.25, -0.2) is 9.97 Å². The number of carbonyl (C=O) groups excluding carboxylic acids is 1. The van der Waals surface area contributed by atoms with Gasteiger partial charge >= 0.3 is 0 Å². The summed E-state index contributed by atoms with van der Waals surface area (Å²) in [7, 11) is 0. The maximum absolute atomic E-state index is 12.7. The molecule has 5 heteroatoms. The standard InChI is InChI=1S/C23H23N3OS/c1-15(13-17-7-4-6-16-5-2-3-8-18(16)17)14-20(27)22-10-9-21(28-22)19-11-12-25-23(24)26-19/h2-3,5,8-12,17H,1,4,6-7,13-14H2,(H2,24,25,26). The highest BCUT2D eigenvalue weighted by Crippen LogP contribution is 2.36. The minimum Gasteiger partial charge on any atom is -0.368 e. The van der Waals surface area contributed by atoms with Gasteiger partial charge in [-0.05, 0) is 60.9 Å². The van der Waals surface area contributed by atoms with Gasteiger partial charge in [0.25, 0.3) is 0 Å². The second-order valence-electron chi connectivity index (χ2n) is 7.31. The van der Waals surface area contributed by atoms with Crippen LogP contribution in [0.2, 0.25) is 0 Å². The molecule has 1 aromatic carbocycles. The Hall–Kier alpha value is -2.79. The van der Waals surface area contributed by atoms with Gasteiger partial charge in [0, 0.05) is 12.6 Å². The molecule has 0 spiro atoms. The van der Waals surface area contributed by atoms with Crippen molar-refractivity contribution in [3.05, 3.63) is 76.8 Å². The van der Waals surface area contributed by atoms with Crippen molar-refractivity contribution in [3.8, 4) is 10.6 Å². The van der Waals surface area contributed by atoms with Crippen LogP contribution in [0.3, 0.4) is 0 Å². The summed E-state index contributed by atoms with van der Waals surface area (Å²) in [5.74, 6) is 0.834. The van der Waals surface area contributed by atoms with Crippen LogP contribution < -0.4 is 5.73 Å². The SMILES string of the molecule is C=C(CC(=O)c1ccc(-c2ccnc(N)n2)s1)CC1CCCc2ccccc21. The number of fused-ring (bicyclic) bond motifs is 1. The number of anilines is 1. The van der Waals surface area contributed by atoms with Gasteiger partial charge in [-0.3, -0.25) is 4.79 Å². The first-order valence-electron chi connectivity index (χ1n) is 9.56. The average Bonchev–Trinajstić information content (AvgIpc) is 3.19. The van der Waals surface area contributed by atoms with Crippen molar-refractivity contribution in [3.63, 3.8) is 0 Å². The number of aromatic nitrogens is 2. The summed E-state index contributed by atoms with van der Waals surface area (Å²) in [6, 6.07) is 14.3. The van der Waals surface area contributed by atoms with E-state index in [9.17, 15) is 4.79 Å². The molecule has 2 N–H and O–H groups in total. The predicted molar refractivity (Wildman–Crippen MR) is 115 cm³/mol. The minimum atomic E-state index is 0.118. The number of thiophene rings is 1. The zero-order chi connectivity index (χ0) is 19.5. The topological polar surface area (TPSA) is 68.9 Å². The van der Waals surface area contributed by atoms with Crippen LogP contribution in [0.15, 0.2) is 60.8 Å². The molecule has 1 aliphatic carbocycles. The number of hydrogen-bond acceptors (Lipinski definition) is 5. The normalized spacial score (nSPS) is 15.8. The molecule has 142 valence electrons. The maximum Gasteiger partial charge on any atom is 0.220 e. The first-order valence-corrected chi connectivity index (χ1v) is 10.4. The Bertz CT molecular complexity index is 1020. The second kappa shape index (κ2) is 8.07. The largest absolute Gasteiger partial charge is 0.368 e. The number of aryl methyl sites for hydroxylation is 1. The van der Waals surface area contributed by atoms with Crippen molar-refractivity contribution in [2.24, 2.45) is 0 Å². The molecule has 0 saturated heterocycles. The number of Topliss-reactive ketones (excluding diaryl/α,β-unsaturated/α-hetero) is 1. The third kappa shape index (κ3) is 4.04. The van der Waals surface area contributed by atoms with Crippen LogP contribution in [0.25, 0.3) is 10.6 Å². The van der Waals surface area contributed by atoms with Crippen LogP contribution in [0, 0.1) is 0 Å². The van der Waals surface area contributed by atoms with Crippen molar-refractivity contribution in [1.29, 1.82) is 0 Å². The summed E-state index contributed by atoms with van der Waals surface area (Å²) >= 11 is 1.44. The molecule has 0 saturated carbocycles. The predicted octanol–water partition coefficient (Wildman–Crippen LogP) is 5.43. The van der Waals surface area contributed by atoms with Gasteiger partial charge in [-0.15, -0.1) is 11.3 Å². The summed E-state index contributed by atoms with van der Waals surface area (Å²) in [6.45, 7) is 4.21. The molecule has 2 aromatic heterocycles. The van der Waals surface area contributed by atoms with Gasteiger partial charge in [-0.2, -0.15) is 0 Å². The Labute approximate surface area is 169 Å². The number of hydrogen-bond donors (Lipinski definition) is 1. The quantitative estimate of drug-likeness (QED) is 0.451. The number of nitrogens with zero attached hydrogens (tertiary/aromatic N) is 2. The molecular formula is C23H23N3OS. The van der Waals surface area contributed by atoms with E-state index in [0.29, 0.717) is 12.3 Å². The smallest absolute Gasteiger partial charge is 0.220 e. The molecule has 1 unspecified atom stereocenters. The van der Waals surface area contributed by atoms with Crippen LogP contribution in [-0.2, 0) is 6.42 Å². The Morgan fingerprint density at radius 2 is 2.07 bits per heavy atom. The zero-order valence-corrected chi connectivity index (χ0v) is 16.5. The third-order valence-corrected chi connectivity index (χ3v) is 6.40. The Morgan fingerprint density at radius 1 is 1.21 bits per heavy atom. The molecule has 0 amide bonds. The number of ketones is 1. The number of rotatable bonds is 6. The molecule has 1 aliphatic rings. The van der Waals surface area contributed by atoms with E-state index in [0.717, 1.165) is 33.9 Å². The monoisotopic (exact) mass is 389 g/mol. The fourth-order valence-corrected chi connectivity index (χ4v) is 4.85. The molecular weight excluding hydrogens is 366 g/mol. The van der Waals surface area contributed by atoms with E-state index in [4.69, 9.17) is 5.73 Å². The van der Waals surface area contributed by atoms with Gasteiger partial charge in [0.05, 0.1) is 15.4 Å². The van der Waals surface area contributed by atoms with Crippen molar-refractivity contribution in [2.45, 2.75) is 38.0 Å². The Balaban J connectivity index is 1.41. The maximum atomic E-state index is 12.7. The van der Waals surface area contributed by atoms with Crippen LogP contribution in [0.1, 0.15) is 52.4 Å². The summed E-state index contributed by atoms with van der Waals surface area (Å²) in [5.41, 5.74) is 10.3. The van der Waals surface area contributed by atoms with Crippen LogP contribution in [0.5, 0.6) is 0 Å². The van der Waals surface area contributed by atoms with Gasteiger partial charge < -0.3 is 5.73 Å². The fourth-order valence-electron chi connectivity index (χ4n) is 3.94. The van der Waals surface area contributed by atoms with Gasteiger partial charge in [0.2, 0.25) is 5.95 Å². The van der Waals surface area contributed by atoms with E-state index in [-0.39, 0.29) is 11.7 Å². The first kappa shape index (κ1) is 18.6. The van der Waals surface area contributed by atoms with E-state index in [1.807, 2.05) is 12.1 Å². The Kier molecular flexibility index (Phi) is 5.35. The van der Waals surface area contributed by atoms with Crippen molar-refractivity contribution in [1.82, 2.24) is 9.97 Å². The number of nitrogens with two attached hydrogens (primary N) is 1. The molecule has 0 fully saturated rings. The highest BCUT2D eigenvalue weighted by atomic mass is 32.1. The van der Waals surface area contributed by atoms with Crippen LogP contribution in [-0.4, -0.2) is 15.8 Å². The molecule has 2 heterocycles. The molecule has 4 nitrogen and oxygen atoms in total. The lowest BCUT2D eigenvalue weighted by Crippen LogP contribution is -2.11. The Morgan fingerprint density at radius 3 is 2.93 bits per heavy atom. The molecule has 1 atom stereocenters. The number of nitrogen functional groups attached to an aromatic ring is 1. The summed E-state index contributed by atoms with van der Waals surface area (Å²) in [5, 5.41) is 0. The highest BCUT2D eigenvalue weighted by molar-refractivity contribution is 7.17. The zero-order valence-electron chi connectivity index (χ0n) is 15.7.